The fraction of sp³-hybridized carbons (Fsp3) is 0.278. The Morgan fingerprint density at radius 3 is 3.08 bits per heavy atom. The minimum absolute atomic E-state index is 0.0805. The lowest BCUT2D eigenvalue weighted by molar-refractivity contribution is 0.0771. The lowest BCUT2D eigenvalue weighted by Gasteiger charge is -2.17. The van der Waals surface area contributed by atoms with Gasteiger partial charge in [0.2, 0.25) is 5.43 Å². The van der Waals surface area contributed by atoms with E-state index in [1.165, 1.54) is 24.5 Å². The number of fused-ring (bicyclic) bond motifs is 1. The summed E-state index contributed by atoms with van der Waals surface area (Å²) in [5.41, 5.74) is 0.309. The normalized spacial score (nSPS) is 17.0. The lowest BCUT2D eigenvalue weighted by atomic mass is 10.2. The monoisotopic (exact) mass is 356 g/mol. The number of carbonyl (C=O) groups is 1. The van der Waals surface area contributed by atoms with Gasteiger partial charge >= 0.3 is 0 Å². The summed E-state index contributed by atoms with van der Waals surface area (Å²) in [6.07, 6.45) is 3.26. The second-order valence-electron chi connectivity index (χ2n) is 6.30. The number of carbonyl (C=O) groups excluding carboxylic acids is 1. The van der Waals surface area contributed by atoms with E-state index >= 15 is 0 Å². The molecule has 3 aromatic rings. The number of rotatable bonds is 3. The molecular formula is C18H17FN4O3. The molecular weight excluding hydrogens is 339 g/mol. The molecule has 1 saturated heterocycles. The van der Waals surface area contributed by atoms with Gasteiger partial charge in [0.15, 0.2) is 0 Å². The van der Waals surface area contributed by atoms with Gasteiger partial charge < -0.3 is 14.6 Å². The summed E-state index contributed by atoms with van der Waals surface area (Å²) in [6, 6.07) is 5.91. The number of halogens is 1. The molecule has 0 bridgehead atoms. The quantitative estimate of drug-likeness (QED) is 0.775. The smallest absolute Gasteiger partial charge is 0.259 e. The van der Waals surface area contributed by atoms with E-state index in [0.29, 0.717) is 36.3 Å². The van der Waals surface area contributed by atoms with Gasteiger partial charge in [-0.2, -0.15) is 5.10 Å². The van der Waals surface area contributed by atoms with Gasteiger partial charge in [-0.15, -0.1) is 0 Å². The highest BCUT2D eigenvalue weighted by Gasteiger charge is 2.30. The summed E-state index contributed by atoms with van der Waals surface area (Å²) in [7, 11) is 1.72. The summed E-state index contributed by atoms with van der Waals surface area (Å²) < 4.78 is 20.5. The third kappa shape index (κ3) is 2.83. The van der Waals surface area contributed by atoms with Crippen LogP contribution in [0.3, 0.4) is 0 Å². The van der Waals surface area contributed by atoms with Crippen molar-refractivity contribution in [3.05, 3.63) is 58.3 Å². The van der Waals surface area contributed by atoms with E-state index in [4.69, 9.17) is 4.74 Å². The Morgan fingerprint density at radius 1 is 1.42 bits per heavy atom. The number of hydrogen-bond acceptors (Lipinski definition) is 4. The molecule has 1 unspecified atom stereocenters. The van der Waals surface area contributed by atoms with E-state index in [1.807, 2.05) is 0 Å². The van der Waals surface area contributed by atoms with E-state index in [-0.39, 0.29) is 28.8 Å². The zero-order chi connectivity index (χ0) is 18.3. The van der Waals surface area contributed by atoms with Crippen molar-refractivity contribution in [1.29, 1.82) is 0 Å². The number of benzene rings is 1. The van der Waals surface area contributed by atoms with Crippen molar-refractivity contribution < 1.29 is 13.9 Å². The van der Waals surface area contributed by atoms with Crippen LogP contribution in [0.25, 0.3) is 11.0 Å². The molecule has 1 N–H and O–H groups in total. The van der Waals surface area contributed by atoms with Crippen LogP contribution >= 0.6 is 0 Å². The molecule has 8 heteroatoms. The van der Waals surface area contributed by atoms with Gasteiger partial charge in [0, 0.05) is 32.3 Å². The van der Waals surface area contributed by atoms with Crippen LogP contribution < -0.4 is 10.2 Å². The van der Waals surface area contributed by atoms with Crippen LogP contribution in [0.2, 0.25) is 0 Å². The SMILES string of the molecule is Cn1ncc2c(=O)c(C(=O)N3CCC(Oc4cccc(F)c4)C3)c[nH]c21. The number of amides is 1. The van der Waals surface area contributed by atoms with Crippen molar-refractivity contribution in [2.24, 2.45) is 7.05 Å². The van der Waals surface area contributed by atoms with Crippen LogP contribution in [0, 0.1) is 5.82 Å². The molecule has 0 saturated carbocycles. The zero-order valence-electron chi connectivity index (χ0n) is 14.1. The van der Waals surface area contributed by atoms with E-state index in [2.05, 4.69) is 10.1 Å². The Bertz CT molecular complexity index is 1040. The molecule has 1 amide bonds. The van der Waals surface area contributed by atoms with Gasteiger partial charge in [0.1, 0.15) is 28.9 Å². The third-order valence-electron chi connectivity index (χ3n) is 4.54. The van der Waals surface area contributed by atoms with Gasteiger partial charge in [-0.3, -0.25) is 14.3 Å². The summed E-state index contributed by atoms with van der Waals surface area (Å²) in [6.45, 7) is 0.823. The number of ether oxygens (including phenoxy) is 1. The van der Waals surface area contributed by atoms with E-state index in [1.54, 1.807) is 28.8 Å². The number of aromatic nitrogens is 3. The van der Waals surface area contributed by atoms with Crippen molar-refractivity contribution in [2.45, 2.75) is 12.5 Å². The van der Waals surface area contributed by atoms with Gasteiger partial charge in [-0.05, 0) is 12.1 Å². The fourth-order valence-corrected chi connectivity index (χ4v) is 3.20. The number of likely N-dealkylation sites (tertiary alicyclic amines) is 1. The minimum atomic E-state index is -0.371. The summed E-state index contributed by atoms with van der Waals surface area (Å²) in [5, 5.41) is 4.41. The van der Waals surface area contributed by atoms with Crippen LogP contribution in [0.1, 0.15) is 16.8 Å². The van der Waals surface area contributed by atoms with Crippen LogP contribution in [0.5, 0.6) is 5.75 Å². The molecule has 2 aromatic heterocycles. The number of aryl methyl sites for hydroxylation is 1. The zero-order valence-corrected chi connectivity index (χ0v) is 14.1. The Labute approximate surface area is 148 Å². The largest absolute Gasteiger partial charge is 0.488 e. The molecule has 1 aliphatic rings. The van der Waals surface area contributed by atoms with Crippen molar-refractivity contribution in [3.8, 4) is 5.75 Å². The maximum absolute atomic E-state index is 13.3. The van der Waals surface area contributed by atoms with Gasteiger partial charge in [-0.1, -0.05) is 6.07 Å². The highest BCUT2D eigenvalue weighted by atomic mass is 19.1. The first-order chi connectivity index (χ1) is 12.5. The molecule has 3 heterocycles. The molecule has 0 spiro atoms. The Balaban J connectivity index is 1.51. The van der Waals surface area contributed by atoms with Gasteiger partial charge in [-0.25, -0.2) is 4.39 Å². The maximum atomic E-state index is 13.3. The molecule has 0 aliphatic carbocycles. The third-order valence-corrected chi connectivity index (χ3v) is 4.54. The number of nitrogens with zero attached hydrogens (tertiary/aromatic N) is 3. The second kappa shape index (κ2) is 6.29. The summed E-state index contributed by atoms with van der Waals surface area (Å²) in [5.74, 6) is -0.286. The molecule has 0 radical (unpaired) electrons. The van der Waals surface area contributed by atoms with Crippen molar-refractivity contribution in [1.82, 2.24) is 19.7 Å². The summed E-state index contributed by atoms with van der Waals surface area (Å²) in [4.78, 5) is 29.8. The average molecular weight is 356 g/mol. The highest BCUT2D eigenvalue weighted by molar-refractivity contribution is 5.96. The Hall–Kier alpha value is -3.16. The van der Waals surface area contributed by atoms with Crippen LogP contribution in [0.15, 0.2) is 41.5 Å². The number of nitrogens with one attached hydrogen (secondary N) is 1. The van der Waals surface area contributed by atoms with Gasteiger partial charge in [0.25, 0.3) is 5.91 Å². The standard InChI is InChI=1S/C18H17FN4O3/c1-22-17-14(9-21-22)16(24)15(8-20-17)18(25)23-6-5-13(10-23)26-12-4-2-3-11(19)7-12/h2-4,7-9,13H,5-6,10H2,1H3,(H,20,24). The van der Waals surface area contributed by atoms with Crippen molar-refractivity contribution >= 4 is 16.9 Å². The fourth-order valence-electron chi connectivity index (χ4n) is 3.20. The number of pyridine rings is 1. The van der Waals surface area contributed by atoms with Crippen molar-refractivity contribution in [3.63, 3.8) is 0 Å². The predicted octanol–water partition coefficient (Wildman–Crippen LogP) is 1.69. The Morgan fingerprint density at radius 2 is 2.27 bits per heavy atom. The lowest BCUT2D eigenvalue weighted by Crippen LogP contribution is -2.34. The molecule has 1 aromatic carbocycles. The van der Waals surface area contributed by atoms with E-state index in [9.17, 15) is 14.0 Å². The van der Waals surface area contributed by atoms with E-state index < -0.39 is 0 Å². The van der Waals surface area contributed by atoms with Crippen LogP contribution in [-0.4, -0.2) is 44.8 Å². The maximum Gasteiger partial charge on any atom is 0.259 e. The first kappa shape index (κ1) is 16.3. The number of aromatic amines is 1. The van der Waals surface area contributed by atoms with Crippen LogP contribution in [0.4, 0.5) is 4.39 Å². The molecule has 134 valence electrons. The second-order valence-corrected chi connectivity index (χ2v) is 6.30. The first-order valence-corrected chi connectivity index (χ1v) is 8.28. The molecule has 7 nitrogen and oxygen atoms in total. The number of H-pyrrole nitrogens is 1. The topological polar surface area (TPSA) is 80.2 Å². The highest BCUT2D eigenvalue weighted by Crippen LogP contribution is 2.20. The average Bonchev–Trinajstić information content (AvgIpc) is 3.22. The predicted molar refractivity (Wildman–Crippen MR) is 92.7 cm³/mol. The molecule has 26 heavy (non-hydrogen) atoms. The van der Waals surface area contributed by atoms with Crippen LogP contribution in [-0.2, 0) is 7.05 Å². The molecule has 4 rings (SSSR count). The van der Waals surface area contributed by atoms with E-state index in [0.717, 1.165) is 0 Å². The Kier molecular flexibility index (Phi) is 3.95. The first-order valence-electron chi connectivity index (χ1n) is 8.28. The minimum Gasteiger partial charge on any atom is -0.488 e. The van der Waals surface area contributed by atoms with Crippen molar-refractivity contribution in [2.75, 3.05) is 13.1 Å². The molecule has 1 aliphatic heterocycles. The number of hydrogen-bond donors (Lipinski definition) is 1. The molecule has 1 atom stereocenters. The van der Waals surface area contributed by atoms with Gasteiger partial charge in [0.05, 0.1) is 18.1 Å². The summed E-state index contributed by atoms with van der Waals surface area (Å²) >= 11 is 0. The molecule has 1 fully saturated rings.